The molecule has 104 valence electrons. The average Bonchev–Trinajstić information content (AvgIpc) is 2.78. The summed E-state index contributed by atoms with van der Waals surface area (Å²) in [6.07, 6.45) is -0.644. The highest BCUT2D eigenvalue weighted by atomic mass is 35.5. The quantitative estimate of drug-likeness (QED) is 0.928. The van der Waals surface area contributed by atoms with Crippen molar-refractivity contribution < 1.29 is 13.5 Å². The Morgan fingerprint density at radius 3 is 2.35 bits per heavy atom. The van der Waals surface area contributed by atoms with Gasteiger partial charge in [-0.1, -0.05) is 35.9 Å². The van der Waals surface area contributed by atoms with Crippen LogP contribution in [0.25, 0.3) is 0 Å². The van der Waals surface area contributed by atoms with E-state index in [9.17, 15) is 13.5 Å². The summed E-state index contributed by atoms with van der Waals surface area (Å²) in [7, 11) is -3.58. The predicted molar refractivity (Wildman–Crippen MR) is 77.5 cm³/mol. The first-order valence-corrected chi connectivity index (χ1v) is 8.18. The van der Waals surface area contributed by atoms with Gasteiger partial charge in [-0.05, 0) is 41.8 Å². The summed E-state index contributed by atoms with van der Waals surface area (Å²) in [4.78, 5) is 0.193. The van der Waals surface area contributed by atoms with Gasteiger partial charge in [-0.2, -0.15) is 0 Å². The zero-order valence-corrected chi connectivity index (χ0v) is 12.1. The molecule has 0 bridgehead atoms. The van der Waals surface area contributed by atoms with Gasteiger partial charge in [0.25, 0.3) is 0 Å². The fourth-order valence-electron chi connectivity index (χ4n) is 2.62. The summed E-state index contributed by atoms with van der Waals surface area (Å²) in [5.74, 6) is 0. The first-order chi connectivity index (χ1) is 9.50. The van der Waals surface area contributed by atoms with Gasteiger partial charge in [0.05, 0.1) is 16.2 Å². The molecule has 0 saturated carbocycles. The number of halogens is 1. The van der Waals surface area contributed by atoms with Crippen molar-refractivity contribution in [2.45, 2.75) is 22.7 Å². The Balaban J connectivity index is 2.00. The van der Waals surface area contributed by atoms with Crippen molar-refractivity contribution in [3.8, 4) is 0 Å². The molecule has 0 aromatic heterocycles. The minimum Gasteiger partial charge on any atom is -0.387 e. The normalized spacial score (nSPS) is 21.7. The second-order valence-corrected chi connectivity index (χ2v) is 7.49. The first kappa shape index (κ1) is 13.6. The highest BCUT2D eigenvalue weighted by Crippen LogP contribution is 2.37. The van der Waals surface area contributed by atoms with Crippen molar-refractivity contribution in [2.24, 2.45) is 0 Å². The van der Waals surface area contributed by atoms with Crippen molar-refractivity contribution >= 4 is 21.4 Å². The van der Waals surface area contributed by atoms with Gasteiger partial charge in [-0.3, -0.25) is 0 Å². The van der Waals surface area contributed by atoms with Gasteiger partial charge in [-0.15, -0.1) is 0 Å². The predicted octanol–water partition coefficient (Wildman–Crippen LogP) is 2.77. The lowest BCUT2D eigenvalue weighted by Crippen LogP contribution is -2.25. The van der Waals surface area contributed by atoms with Gasteiger partial charge in [0.2, 0.25) is 0 Å². The molecule has 2 unspecified atom stereocenters. The molecule has 0 heterocycles. The molecule has 20 heavy (non-hydrogen) atoms. The van der Waals surface area contributed by atoms with Crippen LogP contribution in [-0.2, 0) is 16.3 Å². The number of hydrogen-bond acceptors (Lipinski definition) is 3. The van der Waals surface area contributed by atoms with Crippen molar-refractivity contribution in [3.63, 3.8) is 0 Å². The fourth-order valence-corrected chi connectivity index (χ4v) is 4.49. The van der Waals surface area contributed by atoms with E-state index in [1.54, 1.807) is 24.3 Å². The summed E-state index contributed by atoms with van der Waals surface area (Å²) in [5.41, 5.74) is 1.59. The van der Waals surface area contributed by atoms with Crippen LogP contribution in [0.4, 0.5) is 0 Å². The maximum Gasteiger partial charge on any atom is 0.184 e. The fraction of sp³-hybridized carbons (Fsp3) is 0.200. The molecule has 3 rings (SSSR count). The maximum atomic E-state index is 12.6. The lowest BCUT2D eigenvalue weighted by Gasteiger charge is -2.16. The molecule has 2 atom stereocenters. The summed E-state index contributed by atoms with van der Waals surface area (Å²) in [6, 6.07) is 13.3. The summed E-state index contributed by atoms with van der Waals surface area (Å²) in [6.45, 7) is 0. The first-order valence-electron chi connectivity index (χ1n) is 6.25. The van der Waals surface area contributed by atoms with Crippen molar-refractivity contribution in [2.75, 3.05) is 0 Å². The average molecular weight is 309 g/mol. The maximum absolute atomic E-state index is 12.6. The summed E-state index contributed by atoms with van der Waals surface area (Å²) in [5, 5.41) is 9.94. The van der Waals surface area contributed by atoms with Crippen LogP contribution in [0.1, 0.15) is 17.2 Å². The molecule has 0 radical (unpaired) electrons. The SMILES string of the molecule is O=S(=O)(c1ccc(Cl)cc1)C1Cc2ccccc2C1O. The molecule has 0 aliphatic heterocycles. The van der Waals surface area contributed by atoms with Crippen LogP contribution in [-0.4, -0.2) is 18.8 Å². The Morgan fingerprint density at radius 2 is 1.70 bits per heavy atom. The van der Waals surface area contributed by atoms with Gasteiger partial charge in [0.1, 0.15) is 0 Å². The highest BCUT2D eigenvalue weighted by molar-refractivity contribution is 7.92. The molecule has 3 nitrogen and oxygen atoms in total. The molecular formula is C15H13ClO3S. The lowest BCUT2D eigenvalue weighted by molar-refractivity contribution is 0.182. The van der Waals surface area contributed by atoms with Crippen LogP contribution in [0.2, 0.25) is 5.02 Å². The van der Waals surface area contributed by atoms with Crippen molar-refractivity contribution in [1.29, 1.82) is 0 Å². The molecule has 2 aromatic carbocycles. The van der Waals surface area contributed by atoms with E-state index in [4.69, 9.17) is 11.6 Å². The highest BCUT2D eigenvalue weighted by Gasteiger charge is 2.40. The monoisotopic (exact) mass is 308 g/mol. The Bertz CT molecular complexity index is 738. The van der Waals surface area contributed by atoms with E-state index in [0.717, 1.165) is 5.56 Å². The number of aliphatic hydroxyl groups is 1. The standard InChI is InChI=1S/C15H13ClO3S/c16-11-5-7-12(8-6-11)20(18,19)14-9-10-3-1-2-4-13(10)15(14)17/h1-8,14-15,17H,9H2. The third-order valence-corrected chi connectivity index (χ3v) is 6.09. The Hall–Kier alpha value is -1.36. The summed E-state index contributed by atoms with van der Waals surface area (Å²) < 4.78 is 25.2. The minimum atomic E-state index is -3.58. The van der Waals surface area contributed by atoms with E-state index >= 15 is 0 Å². The van der Waals surface area contributed by atoms with Gasteiger partial charge in [0.15, 0.2) is 9.84 Å². The van der Waals surface area contributed by atoms with Gasteiger partial charge in [-0.25, -0.2) is 8.42 Å². The van der Waals surface area contributed by atoms with Crippen LogP contribution in [0, 0.1) is 0 Å². The van der Waals surface area contributed by atoms with E-state index in [1.165, 1.54) is 12.1 Å². The van der Waals surface area contributed by atoms with E-state index < -0.39 is 21.2 Å². The van der Waals surface area contributed by atoms with Crippen molar-refractivity contribution in [3.05, 3.63) is 64.7 Å². The molecule has 5 heteroatoms. The largest absolute Gasteiger partial charge is 0.387 e. The number of benzene rings is 2. The number of fused-ring (bicyclic) bond motifs is 1. The minimum absolute atomic E-state index is 0.193. The lowest BCUT2D eigenvalue weighted by atomic mass is 10.1. The van der Waals surface area contributed by atoms with Crippen LogP contribution in [0.15, 0.2) is 53.4 Å². The molecule has 1 aliphatic rings. The van der Waals surface area contributed by atoms with E-state index in [-0.39, 0.29) is 4.90 Å². The van der Waals surface area contributed by atoms with Crippen LogP contribution < -0.4 is 0 Å². The second kappa shape index (κ2) is 4.88. The molecule has 0 amide bonds. The Kier molecular flexibility index (Phi) is 3.32. The van der Waals surface area contributed by atoms with Gasteiger partial charge < -0.3 is 5.11 Å². The third-order valence-electron chi connectivity index (χ3n) is 3.69. The number of aliphatic hydroxyl groups excluding tert-OH is 1. The molecule has 0 saturated heterocycles. The molecule has 1 N–H and O–H groups in total. The molecule has 2 aromatic rings. The molecule has 0 fully saturated rings. The zero-order chi connectivity index (χ0) is 14.3. The number of sulfone groups is 1. The third kappa shape index (κ3) is 2.14. The van der Waals surface area contributed by atoms with Crippen LogP contribution >= 0.6 is 11.6 Å². The Labute approximate surface area is 122 Å². The van der Waals surface area contributed by atoms with Crippen LogP contribution in [0.3, 0.4) is 0 Å². The summed E-state index contributed by atoms with van der Waals surface area (Å²) >= 11 is 5.78. The number of hydrogen-bond donors (Lipinski definition) is 1. The van der Waals surface area contributed by atoms with Gasteiger partial charge in [0, 0.05) is 5.02 Å². The number of rotatable bonds is 2. The van der Waals surface area contributed by atoms with E-state index in [0.29, 0.717) is 17.0 Å². The van der Waals surface area contributed by atoms with E-state index in [1.807, 2.05) is 12.1 Å². The zero-order valence-electron chi connectivity index (χ0n) is 10.5. The molecule has 0 spiro atoms. The Morgan fingerprint density at radius 1 is 1.05 bits per heavy atom. The smallest absolute Gasteiger partial charge is 0.184 e. The van der Waals surface area contributed by atoms with Crippen LogP contribution in [0.5, 0.6) is 0 Å². The topological polar surface area (TPSA) is 54.4 Å². The second-order valence-electron chi connectivity index (χ2n) is 4.89. The van der Waals surface area contributed by atoms with E-state index in [2.05, 4.69) is 0 Å². The molecule has 1 aliphatic carbocycles. The van der Waals surface area contributed by atoms with Crippen molar-refractivity contribution in [1.82, 2.24) is 0 Å². The molecular weight excluding hydrogens is 296 g/mol. The van der Waals surface area contributed by atoms with Gasteiger partial charge >= 0.3 is 0 Å².